The van der Waals surface area contributed by atoms with Crippen LogP contribution < -0.4 is 0 Å². The van der Waals surface area contributed by atoms with Crippen molar-refractivity contribution in [1.29, 1.82) is 0 Å². The van der Waals surface area contributed by atoms with Gasteiger partial charge in [-0.1, -0.05) is 24.3 Å². The minimum Gasteiger partial charge on any atom is -0.393 e. The molecule has 1 N–H and O–H groups in total. The van der Waals surface area contributed by atoms with Crippen LogP contribution in [-0.2, 0) is 11.2 Å². The third-order valence-electron chi connectivity index (χ3n) is 4.44. The highest BCUT2D eigenvalue weighted by Gasteiger charge is 2.27. The Morgan fingerprint density at radius 3 is 2.60 bits per heavy atom. The topological polar surface area (TPSA) is 70.5 Å². The molecule has 25 heavy (non-hydrogen) atoms. The van der Waals surface area contributed by atoms with E-state index >= 15 is 0 Å². The zero-order valence-electron chi connectivity index (χ0n) is 14.5. The summed E-state index contributed by atoms with van der Waals surface area (Å²) in [5, 5.41) is 10.4. The molecule has 0 unspecified atom stereocenters. The van der Waals surface area contributed by atoms with Gasteiger partial charge in [0.1, 0.15) is 15.7 Å². The predicted molar refractivity (Wildman–Crippen MR) is 97.8 cm³/mol. The van der Waals surface area contributed by atoms with Crippen LogP contribution in [0, 0.1) is 6.92 Å². The maximum atomic E-state index is 12.9. The summed E-state index contributed by atoms with van der Waals surface area (Å²) in [6, 6.07) is 7.90. The zero-order chi connectivity index (χ0) is 18.0. The minimum atomic E-state index is -0.329. The lowest BCUT2D eigenvalue weighted by atomic mass is 10.1. The Balaban J connectivity index is 1.95. The van der Waals surface area contributed by atoms with Gasteiger partial charge < -0.3 is 10.0 Å². The van der Waals surface area contributed by atoms with E-state index in [2.05, 4.69) is 4.98 Å². The van der Waals surface area contributed by atoms with Crippen LogP contribution in [0.5, 0.6) is 0 Å². The van der Waals surface area contributed by atoms with Gasteiger partial charge in [-0.3, -0.25) is 9.59 Å². The summed E-state index contributed by atoms with van der Waals surface area (Å²) in [6.07, 6.45) is 1.03. The van der Waals surface area contributed by atoms with Gasteiger partial charge in [0.05, 0.1) is 18.2 Å². The number of aromatic nitrogens is 1. The summed E-state index contributed by atoms with van der Waals surface area (Å²) in [5.74, 6) is -0.0924. The lowest BCUT2D eigenvalue weighted by Crippen LogP contribution is -2.40. The fourth-order valence-electron chi connectivity index (χ4n) is 3.02. The summed E-state index contributed by atoms with van der Waals surface area (Å²) in [5.41, 5.74) is 2.64. The van der Waals surface area contributed by atoms with E-state index in [9.17, 15) is 14.7 Å². The number of amides is 1. The highest BCUT2D eigenvalue weighted by molar-refractivity contribution is 7.17. The Morgan fingerprint density at radius 2 is 1.96 bits per heavy atom. The molecular weight excluding hydrogens is 336 g/mol. The number of rotatable bonds is 4. The number of nitrogens with zero attached hydrogens (tertiary/aromatic N) is 2. The van der Waals surface area contributed by atoms with Crippen molar-refractivity contribution in [3.05, 3.63) is 40.4 Å². The molecule has 1 aromatic heterocycles. The summed E-state index contributed by atoms with van der Waals surface area (Å²) in [4.78, 5) is 31.5. The molecule has 1 saturated heterocycles. The van der Waals surface area contributed by atoms with Crippen LogP contribution in [0.2, 0.25) is 0 Å². The van der Waals surface area contributed by atoms with Gasteiger partial charge in [0.15, 0.2) is 0 Å². The second kappa shape index (κ2) is 7.45. The molecule has 1 fully saturated rings. The number of likely N-dealkylation sites (tertiary alicyclic amines) is 1. The van der Waals surface area contributed by atoms with Gasteiger partial charge in [0, 0.05) is 18.7 Å². The number of benzene rings is 1. The first-order valence-corrected chi connectivity index (χ1v) is 9.30. The molecule has 1 aromatic carbocycles. The molecular formula is C19H22N2O3S. The summed E-state index contributed by atoms with van der Waals surface area (Å²) in [6.45, 7) is 4.60. The maximum absolute atomic E-state index is 12.9. The fraction of sp³-hybridized carbons (Fsp3) is 0.421. The van der Waals surface area contributed by atoms with Crippen molar-refractivity contribution in [2.24, 2.45) is 0 Å². The minimum absolute atomic E-state index is 0.00949. The molecule has 0 saturated carbocycles. The number of hydrogen-bond donors (Lipinski definition) is 1. The van der Waals surface area contributed by atoms with Crippen molar-refractivity contribution in [2.45, 2.75) is 39.2 Å². The molecule has 1 amide bonds. The first-order chi connectivity index (χ1) is 12.0. The molecule has 6 heteroatoms. The van der Waals surface area contributed by atoms with E-state index in [1.54, 1.807) is 4.90 Å². The van der Waals surface area contributed by atoms with Crippen molar-refractivity contribution < 1.29 is 14.7 Å². The van der Waals surface area contributed by atoms with E-state index in [0.29, 0.717) is 36.5 Å². The molecule has 0 aliphatic carbocycles. The van der Waals surface area contributed by atoms with E-state index in [1.807, 2.05) is 31.2 Å². The van der Waals surface area contributed by atoms with E-state index in [1.165, 1.54) is 18.3 Å². The molecule has 132 valence electrons. The second-order valence-corrected chi connectivity index (χ2v) is 7.51. The van der Waals surface area contributed by atoms with E-state index in [4.69, 9.17) is 0 Å². The van der Waals surface area contributed by atoms with Crippen molar-refractivity contribution in [3.8, 4) is 10.6 Å². The molecule has 2 heterocycles. The fourth-order valence-corrected chi connectivity index (χ4v) is 4.16. The van der Waals surface area contributed by atoms with E-state index in [-0.39, 0.29) is 24.2 Å². The molecule has 0 bridgehead atoms. The summed E-state index contributed by atoms with van der Waals surface area (Å²) < 4.78 is 0. The monoisotopic (exact) mass is 358 g/mol. The first-order valence-electron chi connectivity index (χ1n) is 8.48. The SMILES string of the molecule is CC(=O)Cc1nc(-c2ccccc2C)sc1C(=O)N1CCC(O)CC1. The molecule has 5 nitrogen and oxygen atoms in total. The molecule has 0 radical (unpaired) electrons. The van der Waals surface area contributed by atoms with Crippen molar-refractivity contribution in [1.82, 2.24) is 9.88 Å². The van der Waals surface area contributed by atoms with Crippen LogP contribution in [-0.4, -0.2) is 45.9 Å². The smallest absolute Gasteiger partial charge is 0.265 e. The number of thiazole rings is 1. The lowest BCUT2D eigenvalue weighted by molar-refractivity contribution is -0.116. The number of carbonyl (C=O) groups excluding carboxylic acids is 2. The third-order valence-corrected chi connectivity index (χ3v) is 5.55. The predicted octanol–water partition coefficient (Wildman–Crippen LogP) is 2.85. The highest BCUT2D eigenvalue weighted by Crippen LogP contribution is 2.32. The third kappa shape index (κ3) is 3.96. The number of aliphatic hydroxyl groups is 1. The van der Waals surface area contributed by atoms with E-state index in [0.717, 1.165) is 16.1 Å². The quantitative estimate of drug-likeness (QED) is 0.912. The van der Waals surface area contributed by atoms with Gasteiger partial charge in [-0.2, -0.15) is 0 Å². The Labute approximate surface area is 151 Å². The molecule has 2 aromatic rings. The largest absolute Gasteiger partial charge is 0.393 e. The normalized spacial score (nSPS) is 15.4. The van der Waals surface area contributed by atoms with Crippen LogP contribution in [0.25, 0.3) is 10.6 Å². The Morgan fingerprint density at radius 1 is 1.28 bits per heavy atom. The van der Waals surface area contributed by atoms with Gasteiger partial charge in [0.25, 0.3) is 5.91 Å². The zero-order valence-corrected chi connectivity index (χ0v) is 15.3. The number of piperidine rings is 1. The van der Waals surface area contributed by atoms with Gasteiger partial charge in [-0.25, -0.2) is 4.98 Å². The number of aliphatic hydroxyl groups excluding tert-OH is 1. The number of Topliss-reactive ketones (excluding diaryl/α,β-unsaturated/α-hetero) is 1. The van der Waals surface area contributed by atoms with E-state index < -0.39 is 0 Å². The van der Waals surface area contributed by atoms with Crippen LogP contribution in [0.1, 0.15) is 40.7 Å². The van der Waals surface area contributed by atoms with Gasteiger partial charge in [-0.15, -0.1) is 11.3 Å². The second-order valence-electron chi connectivity index (χ2n) is 6.51. The van der Waals surface area contributed by atoms with Gasteiger partial charge in [-0.05, 0) is 32.3 Å². The van der Waals surface area contributed by atoms with Crippen LogP contribution in [0.3, 0.4) is 0 Å². The van der Waals surface area contributed by atoms with Gasteiger partial charge >= 0.3 is 0 Å². The number of carbonyl (C=O) groups is 2. The summed E-state index contributed by atoms with van der Waals surface area (Å²) in [7, 11) is 0. The standard InChI is InChI=1S/C19H22N2O3S/c1-12-5-3-4-6-15(12)18-20-16(11-13(2)22)17(25-18)19(24)21-9-7-14(23)8-10-21/h3-6,14,23H,7-11H2,1-2H3. The Hall–Kier alpha value is -2.05. The van der Waals surface area contributed by atoms with Crippen LogP contribution in [0.15, 0.2) is 24.3 Å². The lowest BCUT2D eigenvalue weighted by Gasteiger charge is -2.29. The molecule has 0 atom stereocenters. The average Bonchev–Trinajstić information content (AvgIpc) is 2.98. The van der Waals surface area contributed by atoms with Crippen molar-refractivity contribution >= 4 is 23.0 Å². The molecule has 0 spiro atoms. The molecule has 1 aliphatic heterocycles. The first kappa shape index (κ1) is 17.8. The number of aryl methyl sites for hydroxylation is 1. The van der Waals surface area contributed by atoms with Crippen LogP contribution >= 0.6 is 11.3 Å². The Bertz CT molecular complexity index is 792. The molecule has 3 rings (SSSR count). The number of hydrogen-bond acceptors (Lipinski definition) is 5. The van der Waals surface area contributed by atoms with Crippen LogP contribution in [0.4, 0.5) is 0 Å². The maximum Gasteiger partial charge on any atom is 0.265 e. The summed E-state index contributed by atoms with van der Waals surface area (Å²) >= 11 is 1.35. The highest BCUT2D eigenvalue weighted by atomic mass is 32.1. The average molecular weight is 358 g/mol. The van der Waals surface area contributed by atoms with Crippen molar-refractivity contribution in [3.63, 3.8) is 0 Å². The van der Waals surface area contributed by atoms with Gasteiger partial charge in [0.2, 0.25) is 0 Å². The Kier molecular flexibility index (Phi) is 5.30. The van der Waals surface area contributed by atoms with Crippen molar-refractivity contribution in [2.75, 3.05) is 13.1 Å². The number of ketones is 1. The molecule has 1 aliphatic rings.